The van der Waals surface area contributed by atoms with Crippen molar-refractivity contribution >= 4 is 31.5 Å². The zero-order valence-corrected chi connectivity index (χ0v) is 21.8. The molecule has 1 fully saturated rings. The molecule has 1 saturated heterocycles. The summed E-state index contributed by atoms with van der Waals surface area (Å²) in [7, 11) is -7.85. The molecule has 2 N–H and O–H groups in total. The third-order valence-electron chi connectivity index (χ3n) is 5.56. The van der Waals surface area contributed by atoms with Crippen molar-refractivity contribution in [1.82, 2.24) is 9.21 Å². The van der Waals surface area contributed by atoms with Gasteiger partial charge in [-0.3, -0.25) is 19.2 Å². The molecule has 200 valence electrons. The second kappa shape index (κ2) is 12.4. The Bertz CT molecular complexity index is 1090. The van der Waals surface area contributed by atoms with Crippen LogP contribution >= 0.6 is 0 Å². The number of non-ortho nitro benzene ring substituents is 1. The molecule has 1 heterocycles. The van der Waals surface area contributed by atoms with Gasteiger partial charge in [0.2, 0.25) is 10.0 Å². The van der Waals surface area contributed by atoms with Gasteiger partial charge in [-0.05, 0) is 18.9 Å². The van der Waals surface area contributed by atoms with Gasteiger partial charge < -0.3 is 15.1 Å². The zero-order valence-electron chi connectivity index (χ0n) is 20.2. The third-order valence-corrected chi connectivity index (χ3v) is 8.07. The van der Waals surface area contributed by atoms with Crippen LogP contribution in [-0.2, 0) is 24.3 Å². The number of sulfonamides is 1. The summed E-state index contributed by atoms with van der Waals surface area (Å²) in [6.07, 6.45) is 0.602. The number of aryl methyl sites for hydroxylation is 1. The normalized spacial score (nSPS) is 16.8. The summed E-state index contributed by atoms with van der Waals surface area (Å²) in [6, 6.07) is 2.34. The van der Waals surface area contributed by atoms with Crippen LogP contribution in [0, 0.1) is 17.0 Å². The number of hydrogen-bond acceptors (Lipinski definition) is 11. The molecule has 0 amide bonds. The molecule has 1 aromatic rings. The minimum atomic E-state index is -4.16. The molecule has 1 atom stereocenters. The van der Waals surface area contributed by atoms with E-state index in [1.165, 1.54) is 10.4 Å². The van der Waals surface area contributed by atoms with Gasteiger partial charge in [0, 0.05) is 57.9 Å². The molecule has 0 aliphatic carbocycles. The van der Waals surface area contributed by atoms with Crippen LogP contribution < -0.4 is 4.90 Å². The number of benzene rings is 1. The first-order valence-corrected chi connectivity index (χ1v) is 14.5. The first-order valence-electron chi connectivity index (χ1n) is 11.2. The lowest BCUT2D eigenvalue weighted by Crippen LogP contribution is -2.50. The maximum atomic E-state index is 13.7. The van der Waals surface area contributed by atoms with Gasteiger partial charge in [-0.1, -0.05) is 6.92 Å². The molecule has 1 aromatic carbocycles. The predicted octanol–water partition coefficient (Wildman–Crippen LogP) is -0.245. The van der Waals surface area contributed by atoms with E-state index in [0.29, 0.717) is 31.6 Å². The molecule has 2 rings (SSSR count). The van der Waals surface area contributed by atoms with Gasteiger partial charge in [0.1, 0.15) is 4.90 Å². The molecular formula is C20H34N4O9S2. The van der Waals surface area contributed by atoms with Gasteiger partial charge in [0.15, 0.2) is 0 Å². The van der Waals surface area contributed by atoms with Crippen molar-refractivity contribution in [2.75, 3.05) is 70.2 Å². The Hall–Kier alpha value is -1.88. The number of aliphatic hydroxyl groups is 2. The molecular weight excluding hydrogens is 504 g/mol. The number of anilines is 1. The van der Waals surface area contributed by atoms with Crippen LogP contribution in [0.2, 0.25) is 0 Å². The number of β-amino-alcohol motifs (C(OH)–C–C–N with tert-alkyl or cyclic N) is 1. The largest absolute Gasteiger partial charge is 0.394 e. The van der Waals surface area contributed by atoms with E-state index in [0.717, 1.165) is 12.3 Å². The van der Waals surface area contributed by atoms with Gasteiger partial charge in [-0.2, -0.15) is 12.7 Å². The molecule has 0 bridgehead atoms. The lowest BCUT2D eigenvalue weighted by molar-refractivity contribution is -0.385. The first-order chi connectivity index (χ1) is 16.3. The van der Waals surface area contributed by atoms with Crippen LogP contribution in [0.25, 0.3) is 0 Å². The van der Waals surface area contributed by atoms with Gasteiger partial charge in [-0.25, -0.2) is 8.42 Å². The van der Waals surface area contributed by atoms with E-state index < -0.39 is 37.8 Å². The highest BCUT2D eigenvalue weighted by atomic mass is 32.2. The second-order valence-electron chi connectivity index (χ2n) is 8.42. The summed E-state index contributed by atoms with van der Waals surface area (Å²) < 4.78 is 56.3. The molecule has 0 spiro atoms. The van der Waals surface area contributed by atoms with E-state index in [1.807, 2.05) is 11.8 Å². The van der Waals surface area contributed by atoms with Crippen molar-refractivity contribution < 1.29 is 36.2 Å². The van der Waals surface area contributed by atoms with Crippen molar-refractivity contribution in [3.05, 3.63) is 27.8 Å². The SMILES string of the molecule is CCCN(CCOS(C)(=O)=O)c1c(C)cc([N+](=O)[O-])cc1S(=O)(=O)N1CCN(CC(O)CO)CC1. The molecule has 13 nitrogen and oxygen atoms in total. The van der Waals surface area contributed by atoms with Crippen LogP contribution in [0.5, 0.6) is 0 Å². The average molecular weight is 539 g/mol. The second-order valence-corrected chi connectivity index (χ2v) is 12.0. The molecule has 15 heteroatoms. The zero-order chi connectivity index (χ0) is 26.4. The maximum absolute atomic E-state index is 13.7. The van der Waals surface area contributed by atoms with Crippen LogP contribution in [0.1, 0.15) is 18.9 Å². The molecule has 0 aromatic heterocycles. The van der Waals surface area contributed by atoms with Crippen molar-refractivity contribution in [3.63, 3.8) is 0 Å². The maximum Gasteiger partial charge on any atom is 0.271 e. The molecule has 1 unspecified atom stereocenters. The summed E-state index contributed by atoms with van der Waals surface area (Å²) in [5.74, 6) is 0. The van der Waals surface area contributed by atoms with Crippen molar-refractivity contribution in [1.29, 1.82) is 0 Å². The summed E-state index contributed by atoms with van der Waals surface area (Å²) in [5, 5.41) is 30.2. The average Bonchev–Trinajstić information content (AvgIpc) is 2.77. The van der Waals surface area contributed by atoms with Gasteiger partial charge >= 0.3 is 0 Å². The van der Waals surface area contributed by atoms with E-state index in [1.54, 1.807) is 11.8 Å². The fourth-order valence-corrected chi connectivity index (χ4v) is 6.09. The Labute approximate surface area is 206 Å². The topological polar surface area (TPSA) is 171 Å². The van der Waals surface area contributed by atoms with Gasteiger partial charge in [-0.15, -0.1) is 0 Å². The predicted molar refractivity (Wildman–Crippen MR) is 129 cm³/mol. The highest BCUT2D eigenvalue weighted by molar-refractivity contribution is 7.89. The first kappa shape index (κ1) is 29.4. The fourth-order valence-electron chi connectivity index (χ4n) is 3.99. The van der Waals surface area contributed by atoms with Crippen molar-refractivity contribution in [2.45, 2.75) is 31.3 Å². The summed E-state index contributed by atoms with van der Waals surface area (Å²) in [5.41, 5.74) is 0.279. The summed E-state index contributed by atoms with van der Waals surface area (Å²) >= 11 is 0. The Kier molecular flexibility index (Phi) is 10.4. The van der Waals surface area contributed by atoms with Crippen LogP contribution in [0.4, 0.5) is 11.4 Å². The van der Waals surface area contributed by atoms with Gasteiger partial charge in [0.25, 0.3) is 15.8 Å². The van der Waals surface area contributed by atoms with Crippen molar-refractivity contribution in [2.24, 2.45) is 0 Å². The number of aliphatic hydroxyl groups excluding tert-OH is 2. The van der Waals surface area contributed by atoms with Crippen LogP contribution in [0.3, 0.4) is 0 Å². The molecule has 1 aliphatic heterocycles. The third kappa shape index (κ3) is 8.06. The smallest absolute Gasteiger partial charge is 0.271 e. The van der Waals surface area contributed by atoms with Crippen LogP contribution in [0.15, 0.2) is 17.0 Å². The Balaban J connectivity index is 2.44. The molecule has 1 aliphatic rings. The number of nitrogens with zero attached hydrogens (tertiary/aromatic N) is 4. The summed E-state index contributed by atoms with van der Waals surface area (Å²) in [6.45, 7) is 4.34. The van der Waals surface area contributed by atoms with E-state index in [4.69, 9.17) is 9.29 Å². The van der Waals surface area contributed by atoms with E-state index >= 15 is 0 Å². The Morgan fingerprint density at radius 2 is 1.80 bits per heavy atom. The minimum Gasteiger partial charge on any atom is -0.394 e. The fraction of sp³-hybridized carbons (Fsp3) is 0.700. The lowest BCUT2D eigenvalue weighted by atomic mass is 10.1. The van der Waals surface area contributed by atoms with E-state index in [-0.39, 0.29) is 49.1 Å². The van der Waals surface area contributed by atoms with Gasteiger partial charge in [0.05, 0.1) is 36.2 Å². The minimum absolute atomic E-state index is 0.0644. The van der Waals surface area contributed by atoms with E-state index in [2.05, 4.69) is 0 Å². The number of hydrogen-bond donors (Lipinski definition) is 2. The highest BCUT2D eigenvalue weighted by Crippen LogP contribution is 2.35. The standard InChI is InChI=1S/C20H34N4O9S2/c1-4-5-22(10-11-33-34(3,29)30)20-16(2)12-17(24(27)28)13-19(20)35(31,32)23-8-6-21(7-9-23)14-18(26)15-25/h12-13,18,25-26H,4-11,14-15H2,1-3H3. The van der Waals surface area contributed by atoms with Crippen LogP contribution in [-0.4, -0.2) is 113 Å². The number of rotatable bonds is 13. The molecule has 0 saturated carbocycles. The quantitative estimate of drug-likeness (QED) is 0.193. The lowest BCUT2D eigenvalue weighted by Gasteiger charge is -2.36. The Morgan fingerprint density at radius 1 is 1.17 bits per heavy atom. The van der Waals surface area contributed by atoms with E-state index in [9.17, 15) is 32.1 Å². The molecule has 0 radical (unpaired) electrons. The number of nitro groups is 1. The van der Waals surface area contributed by atoms with Crippen molar-refractivity contribution in [3.8, 4) is 0 Å². The monoisotopic (exact) mass is 538 g/mol. The number of nitro benzene ring substituents is 1. The highest BCUT2D eigenvalue weighted by Gasteiger charge is 2.34. The molecule has 35 heavy (non-hydrogen) atoms. The number of piperazine rings is 1. The Morgan fingerprint density at radius 3 is 2.31 bits per heavy atom. The summed E-state index contributed by atoms with van der Waals surface area (Å²) in [4.78, 5) is 14.1.